The smallest absolute Gasteiger partial charge is 0.173 e. The lowest BCUT2D eigenvalue weighted by molar-refractivity contribution is 0.318. The fourth-order valence-electron chi connectivity index (χ4n) is 0.931. The first-order valence-electron chi connectivity index (χ1n) is 3.50. The van der Waals surface area contributed by atoms with Crippen LogP contribution in [-0.2, 0) is 0 Å². The molecule has 70 valence electrons. The second kappa shape index (κ2) is 4.00. The Balaban J connectivity index is 3.21. The van der Waals surface area contributed by atoms with Crippen molar-refractivity contribution in [2.24, 2.45) is 10.9 Å². The van der Waals surface area contributed by atoms with Crippen molar-refractivity contribution >= 4 is 17.4 Å². The van der Waals surface area contributed by atoms with Crippen LogP contribution in [0.2, 0.25) is 5.02 Å². The summed E-state index contributed by atoms with van der Waals surface area (Å²) in [4.78, 5) is 0. The Morgan fingerprint density at radius 2 is 2.31 bits per heavy atom. The third-order valence-corrected chi connectivity index (χ3v) is 1.78. The molecule has 0 aliphatic carbocycles. The molecule has 0 atom stereocenters. The average molecular weight is 201 g/mol. The van der Waals surface area contributed by atoms with E-state index in [9.17, 15) is 0 Å². The van der Waals surface area contributed by atoms with E-state index in [-0.39, 0.29) is 5.84 Å². The average Bonchev–Trinajstić information content (AvgIpc) is 2.16. The summed E-state index contributed by atoms with van der Waals surface area (Å²) < 4.78 is 4.99. The molecule has 0 unspecified atom stereocenters. The van der Waals surface area contributed by atoms with Gasteiger partial charge in [0.1, 0.15) is 5.75 Å². The quantitative estimate of drug-likeness (QED) is 0.329. The van der Waals surface area contributed by atoms with Gasteiger partial charge in [-0.2, -0.15) is 0 Å². The van der Waals surface area contributed by atoms with E-state index in [2.05, 4.69) is 5.16 Å². The normalized spacial score (nSPS) is 11.4. The molecule has 1 aromatic carbocycles. The molecule has 0 saturated carbocycles. The zero-order chi connectivity index (χ0) is 9.84. The molecule has 0 bridgehead atoms. The predicted molar refractivity (Wildman–Crippen MR) is 50.5 cm³/mol. The Kier molecular flexibility index (Phi) is 2.97. The summed E-state index contributed by atoms with van der Waals surface area (Å²) >= 11 is 5.72. The summed E-state index contributed by atoms with van der Waals surface area (Å²) in [5.74, 6) is 0.469. The molecule has 0 aliphatic heterocycles. The van der Waals surface area contributed by atoms with E-state index in [1.807, 2.05) is 0 Å². The number of methoxy groups -OCH3 is 1. The number of benzene rings is 1. The van der Waals surface area contributed by atoms with E-state index in [0.717, 1.165) is 0 Å². The van der Waals surface area contributed by atoms with Gasteiger partial charge in [-0.15, -0.1) is 0 Å². The summed E-state index contributed by atoms with van der Waals surface area (Å²) in [7, 11) is 1.49. The second-order valence-corrected chi connectivity index (χ2v) is 2.77. The highest BCUT2D eigenvalue weighted by molar-refractivity contribution is 6.30. The minimum atomic E-state index is -0.00600. The molecule has 0 aliphatic rings. The van der Waals surface area contributed by atoms with Gasteiger partial charge >= 0.3 is 0 Å². The lowest BCUT2D eigenvalue weighted by Gasteiger charge is -2.06. The molecule has 5 heteroatoms. The SMILES string of the molecule is COc1cc(Cl)ccc1C(N)=NO. The number of oxime groups is 1. The summed E-state index contributed by atoms with van der Waals surface area (Å²) in [6.45, 7) is 0. The minimum absolute atomic E-state index is 0.00600. The zero-order valence-corrected chi connectivity index (χ0v) is 7.75. The summed E-state index contributed by atoms with van der Waals surface area (Å²) in [6, 6.07) is 4.85. The molecular formula is C8H9ClN2O2. The standard InChI is InChI=1S/C8H9ClN2O2/c1-13-7-4-5(9)2-3-6(7)8(10)11-12/h2-4,12H,1H3,(H2,10,11). The van der Waals surface area contributed by atoms with E-state index in [4.69, 9.17) is 27.3 Å². The van der Waals surface area contributed by atoms with Crippen molar-refractivity contribution in [1.29, 1.82) is 0 Å². The maximum atomic E-state index is 8.45. The third kappa shape index (κ3) is 2.03. The fourth-order valence-corrected chi connectivity index (χ4v) is 1.09. The first kappa shape index (κ1) is 9.67. The molecule has 0 fully saturated rings. The zero-order valence-electron chi connectivity index (χ0n) is 6.99. The van der Waals surface area contributed by atoms with Gasteiger partial charge in [0.05, 0.1) is 12.7 Å². The maximum Gasteiger partial charge on any atom is 0.173 e. The molecule has 1 rings (SSSR count). The van der Waals surface area contributed by atoms with E-state index in [1.165, 1.54) is 7.11 Å². The molecule has 0 saturated heterocycles. The number of nitrogens with zero attached hydrogens (tertiary/aromatic N) is 1. The van der Waals surface area contributed by atoms with Crippen molar-refractivity contribution in [3.8, 4) is 5.75 Å². The Bertz CT molecular complexity index is 339. The Hall–Kier alpha value is -1.42. The highest BCUT2D eigenvalue weighted by atomic mass is 35.5. The van der Waals surface area contributed by atoms with Gasteiger partial charge in [-0.1, -0.05) is 16.8 Å². The van der Waals surface area contributed by atoms with Crippen LogP contribution >= 0.6 is 11.6 Å². The number of rotatable bonds is 2. The molecule has 1 aromatic rings. The van der Waals surface area contributed by atoms with Crippen molar-refractivity contribution in [2.45, 2.75) is 0 Å². The Morgan fingerprint density at radius 3 is 2.85 bits per heavy atom. The molecule has 3 N–H and O–H groups in total. The van der Waals surface area contributed by atoms with E-state index in [1.54, 1.807) is 18.2 Å². The van der Waals surface area contributed by atoms with Crippen LogP contribution in [0.25, 0.3) is 0 Å². The topological polar surface area (TPSA) is 67.8 Å². The van der Waals surface area contributed by atoms with E-state index >= 15 is 0 Å². The van der Waals surface area contributed by atoms with Gasteiger partial charge in [-0.25, -0.2) is 0 Å². The second-order valence-electron chi connectivity index (χ2n) is 2.33. The van der Waals surface area contributed by atoms with Crippen LogP contribution in [0.5, 0.6) is 5.75 Å². The highest BCUT2D eigenvalue weighted by Gasteiger charge is 2.07. The van der Waals surface area contributed by atoms with Gasteiger partial charge in [0.15, 0.2) is 5.84 Å². The van der Waals surface area contributed by atoms with Crippen molar-refractivity contribution in [3.63, 3.8) is 0 Å². The number of ether oxygens (including phenoxy) is 1. The maximum absolute atomic E-state index is 8.45. The van der Waals surface area contributed by atoms with Gasteiger partial charge in [0, 0.05) is 5.02 Å². The molecular weight excluding hydrogens is 192 g/mol. The van der Waals surface area contributed by atoms with E-state index < -0.39 is 0 Å². The number of hydrogen-bond acceptors (Lipinski definition) is 3. The van der Waals surface area contributed by atoms with Crippen molar-refractivity contribution < 1.29 is 9.94 Å². The number of halogens is 1. The fraction of sp³-hybridized carbons (Fsp3) is 0.125. The van der Waals surface area contributed by atoms with Gasteiger partial charge in [-0.05, 0) is 18.2 Å². The lowest BCUT2D eigenvalue weighted by Crippen LogP contribution is -2.14. The largest absolute Gasteiger partial charge is 0.496 e. The molecule has 0 amide bonds. The number of hydrogen-bond donors (Lipinski definition) is 2. The minimum Gasteiger partial charge on any atom is -0.496 e. The molecule has 4 nitrogen and oxygen atoms in total. The van der Waals surface area contributed by atoms with Gasteiger partial charge in [-0.3, -0.25) is 0 Å². The van der Waals surface area contributed by atoms with Gasteiger partial charge < -0.3 is 15.7 Å². The van der Waals surface area contributed by atoms with Crippen LogP contribution < -0.4 is 10.5 Å². The Morgan fingerprint density at radius 1 is 1.62 bits per heavy atom. The van der Waals surface area contributed by atoms with Crippen molar-refractivity contribution in [2.75, 3.05) is 7.11 Å². The number of nitrogens with two attached hydrogens (primary N) is 1. The molecule has 0 radical (unpaired) electrons. The van der Waals surface area contributed by atoms with E-state index in [0.29, 0.717) is 16.3 Å². The summed E-state index contributed by atoms with van der Waals surface area (Å²) in [6.07, 6.45) is 0. The van der Waals surface area contributed by atoms with Crippen LogP contribution in [0.15, 0.2) is 23.4 Å². The van der Waals surface area contributed by atoms with Crippen LogP contribution in [-0.4, -0.2) is 18.2 Å². The molecule has 0 aromatic heterocycles. The van der Waals surface area contributed by atoms with Gasteiger partial charge in [0.25, 0.3) is 0 Å². The van der Waals surface area contributed by atoms with Gasteiger partial charge in [0.2, 0.25) is 0 Å². The Labute approximate surface area is 80.6 Å². The molecule has 13 heavy (non-hydrogen) atoms. The molecule has 0 heterocycles. The molecule has 0 spiro atoms. The first-order valence-corrected chi connectivity index (χ1v) is 3.88. The number of amidine groups is 1. The van der Waals surface area contributed by atoms with Crippen LogP contribution in [0.4, 0.5) is 0 Å². The summed E-state index contributed by atoms with van der Waals surface area (Å²) in [5.41, 5.74) is 5.91. The lowest BCUT2D eigenvalue weighted by atomic mass is 10.2. The van der Waals surface area contributed by atoms with Crippen molar-refractivity contribution in [1.82, 2.24) is 0 Å². The monoisotopic (exact) mass is 200 g/mol. The highest BCUT2D eigenvalue weighted by Crippen LogP contribution is 2.22. The predicted octanol–water partition coefficient (Wildman–Crippen LogP) is 1.44. The first-order chi connectivity index (χ1) is 6.19. The van der Waals surface area contributed by atoms with Crippen LogP contribution in [0.1, 0.15) is 5.56 Å². The van der Waals surface area contributed by atoms with Crippen LogP contribution in [0, 0.1) is 0 Å². The van der Waals surface area contributed by atoms with Crippen LogP contribution in [0.3, 0.4) is 0 Å². The summed E-state index contributed by atoms with van der Waals surface area (Å²) in [5, 5.41) is 11.9. The van der Waals surface area contributed by atoms with Crippen molar-refractivity contribution in [3.05, 3.63) is 28.8 Å². The third-order valence-electron chi connectivity index (χ3n) is 1.55.